The molecule has 0 fully saturated rings. The summed E-state index contributed by atoms with van der Waals surface area (Å²) in [5.74, 6) is -1.93. The highest BCUT2D eigenvalue weighted by Gasteiger charge is 2.38. The average molecular weight is 306 g/mol. The first kappa shape index (κ1) is 18.9. The molecule has 0 radical (unpaired) electrons. The first-order chi connectivity index (χ1) is 9.05. The van der Waals surface area contributed by atoms with Gasteiger partial charge in [-0.1, -0.05) is 13.8 Å². The van der Waals surface area contributed by atoms with Crippen LogP contribution in [0, 0.1) is 0 Å². The van der Waals surface area contributed by atoms with Gasteiger partial charge in [0, 0.05) is 18.3 Å². The van der Waals surface area contributed by atoms with Crippen molar-refractivity contribution in [3.63, 3.8) is 0 Å². The van der Waals surface area contributed by atoms with Gasteiger partial charge in [-0.05, 0) is 6.42 Å². The number of hydrogen-bond donors (Lipinski definition) is 1. The summed E-state index contributed by atoms with van der Waals surface area (Å²) in [6.45, 7) is 3.71. The maximum absolute atomic E-state index is 12.9. The maximum Gasteiger partial charge on any atom is 0.331 e. The molecule has 2 unspecified atom stereocenters. The fourth-order valence-electron chi connectivity index (χ4n) is 1.71. The molecule has 0 aromatic rings. The van der Waals surface area contributed by atoms with E-state index in [1.165, 1.54) is 0 Å². The summed E-state index contributed by atoms with van der Waals surface area (Å²) >= 11 is 0. The van der Waals surface area contributed by atoms with E-state index in [0.717, 1.165) is 12.2 Å². The van der Waals surface area contributed by atoms with Gasteiger partial charge < -0.3 is 9.84 Å². The Bertz CT molecular complexity index is 425. The number of nitrogens with zero attached hydrogens (tertiary/aromatic N) is 1. The second kappa shape index (κ2) is 7.60. The quantitative estimate of drug-likeness (QED) is 0.421. The third-order valence-electron chi connectivity index (χ3n) is 3.18. The highest BCUT2D eigenvalue weighted by molar-refractivity contribution is 7.58. The van der Waals surface area contributed by atoms with Gasteiger partial charge in [-0.2, -0.15) is 0 Å². The van der Waals surface area contributed by atoms with Crippen molar-refractivity contribution in [2.24, 2.45) is 0 Å². The summed E-state index contributed by atoms with van der Waals surface area (Å²) in [5.41, 5.74) is 0. The van der Waals surface area contributed by atoms with Crippen LogP contribution in [-0.2, 0) is 18.9 Å². The molecule has 0 saturated carbocycles. The van der Waals surface area contributed by atoms with E-state index in [-0.39, 0.29) is 0 Å². The number of hydrogen-bond acceptors (Lipinski definition) is 4. The van der Waals surface area contributed by atoms with Crippen molar-refractivity contribution >= 4 is 19.2 Å². The standard InChI is InChI=1S/C13H24NO5P/c1-6-11(19-13(17)9-8-12(15)16)10-20(18,7-2)14(3,4)5/h8-9,11H,6-7,10H2,1-5H3/p+1/b9-8-. The number of quaternary nitrogens is 1. The fourth-order valence-corrected chi connectivity index (χ4v) is 4.27. The Hall–Kier alpha value is -1.13. The molecule has 0 aliphatic carbocycles. The molecule has 0 aliphatic rings. The summed E-state index contributed by atoms with van der Waals surface area (Å²) in [6, 6.07) is 0. The smallest absolute Gasteiger partial charge is 0.331 e. The lowest BCUT2D eigenvalue weighted by molar-refractivity contribution is -0.746. The van der Waals surface area contributed by atoms with Crippen LogP contribution in [0.1, 0.15) is 20.3 Å². The summed E-state index contributed by atoms with van der Waals surface area (Å²) in [5, 5.41) is 8.44. The lowest BCUT2D eigenvalue weighted by Crippen LogP contribution is -2.36. The van der Waals surface area contributed by atoms with Crippen molar-refractivity contribution < 1.29 is 28.3 Å². The minimum Gasteiger partial charge on any atom is -0.478 e. The Morgan fingerprint density at radius 2 is 1.80 bits per heavy atom. The van der Waals surface area contributed by atoms with Crippen LogP contribution >= 0.6 is 7.29 Å². The number of esters is 1. The van der Waals surface area contributed by atoms with Gasteiger partial charge in [0.1, 0.15) is 6.10 Å². The summed E-state index contributed by atoms with van der Waals surface area (Å²) in [6.07, 6.45) is 2.49. The van der Waals surface area contributed by atoms with E-state index in [1.54, 1.807) is 0 Å². The monoisotopic (exact) mass is 306 g/mol. The molecule has 0 rings (SSSR count). The largest absolute Gasteiger partial charge is 0.478 e. The van der Waals surface area contributed by atoms with Crippen LogP contribution in [0.15, 0.2) is 12.2 Å². The normalized spacial score (nSPS) is 16.6. The van der Waals surface area contributed by atoms with E-state index in [0.29, 0.717) is 23.0 Å². The third kappa shape index (κ3) is 5.88. The van der Waals surface area contributed by atoms with E-state index < -0.39 is 25.3 Å². The fraction of sp³-hybridized carbons (Fsp3) is 0.692. The minimum atomic E-state index is -2.53. The molecule has 20 heavy (non-hydrogen) atoms. The Morgan fingerprint density at radius 3 is 2.15 bits per heavy atom. The lowest BCUT2D eigenvalue weighted by Gasteiger charge is -2.35. The highest BCUT2D eigenvalue weighted by atomic mass is 31.2. The summed E-state index contributed by atoms with van der Waals surface area (Å²) in [7, 11) is 3.06. The predicted octanol–water partition coefficient (Wildman–Crippen LogP) is 1.95. The lowest BCUT2D eigenvalue weighted by atomic mass is 10.3. The number of carbonyl (C=O) groups excluding carboxylic acids is 1. The molecule has 0 aromatic heterocycles. The van der Waals surface area contributed by atoms with Crippen molar-refractivity contribution in [2.45, 2.75) is 26.4 Å². The second-order valence-corrected chi connectivity index (χ2v) is 9.32. The maximum atomic E-state index is 12.9. The van der Waals surface area contributed by atoms with Gasteiger partial charge in [-0.25, -0.2) is 9.59 Å². The van der Waals surface area contributed by atoms with Crippen molar-refractivity contribution in [2.75, 3.05) is 33.5 Å². The van der Waals surface area contributed by atoms with Crippen LogP contribution in [0.5, 0.6) is 0 Å². The molecular formula is C13H25NO5P+. The number of ether oxygens (including phenoxy) is 1. The Balaban J connectivity index is 4.83. The van der Waals surface area contributed by atoms with Crippen molar-refractivity contribution in [3.8, 4) is 0 Å². The zero-order valence-electron chi connectivity index (χ0n) is 12.8. The van der Waals surface area contributed by atoms with E-state index in [4.69, 9.17) is 9.84 Å². The molecule has 7 heteroatoms. The molecule has 0 bridgehead atoms. The first-order valence-electron chi connectivity index (χ1n) is 6.57. The topological polar surface area (TPSA) is 80.7 Å². The first-order valence-corrected chi connectivity index (χ1v) is 8.60. The van der Waals surface area contributed by atoms with Crippen LogP contribution < -0.4 is 0 Å². The van der Waals surface area contributed by atoms with Gasteiger partial charge in [0.05, 0.1) is 27.3 Å². The molecule has 0 spiro atoms. The minimum absolute atomic E-state index is 0.302. The zero-order valence-corrected chi connectivity index (χ0v) is 13.7. The molecule has 6 nitrogen and oxygen atoms in total. The zero-order chi connectivity index (χ0) is 16.0. The summed E-state index contributed by atoms with van der Waals surface area (Å²) in [4.78, 5) is 21.8. The van der Waals surface area contributed by atoms with Gasteiger partial charge in [0.25, 0.3) is 7.29 Å². The second-order valence-electron chi connectivity index (χ2n) is 5.43. The number of aliphatic carboxylic acids is 1. The van der Waals surface area contributed by atoms with Crippen molar-refractivity contribution in [1.29, 1.82) is 0 Å². The predicted molar refractivity (Wildman–Crippen MR) is 78.0 cm³/mol. The van der Waals surface area contributed by atoms with Crippen LogP contribution in [0.4, 0.5) is 0 Å². The summed E-state index contributed by atoms with van der Waals surface area (Å²) < 4.78 is 18.4. The molecular weight excluding hydrogens is 281 g/mol. The number of carbonyl (C=O) groups is 2. The molecule has 116 valence electrons. The molecule has 0 heterocycles. The molecule has 0 saturated heterocycles. The van der Waals surface area contributed by atoms with Crippen LogP contribution in [0.2, 0.25) is 0 Å². The van der Waals surface area contributed by atoms with Gasteiger partial charge >= 0.3 is 11.9 Å². The van der Waals surface area contributed by atoms with E-state index in [1.807, 2.05) is 35.0 Å². The van der Waals surface area contributed by atoms with Gasteiger partial charge in [-0.3, -0.25) is 8.82 Å². The van der Waals surface area contributed by atoms with Gasteiger partial charge in [0.15, 0.2) is 0 Å². The van der Waals surface area contributed by atoms with Crippen molar-refractivity contribution in [1.82, 2.24) is 0 Å². The van der Waals surface area contributed by atoms with Gasteiger partial charge in [0.2, 0.25) is 0 Å². The van der Waals surface area contributed by atoms with E-state index >= 15 is 0 Å². The van der Waals surface area contributed by atoms with Crippen LogP contribution in [-0.4, -0.2) is 60.9 Å². The Labute approximate surface area is 120 Å². The van der Waals surface area contributed by atoms with Crippen LogP contribution in [0.25, 0.3) is 0 Å². The molecule has 1 N–H and O–H groups in total. The van der Waals surface area contributed by atoms with Crippen molar-refractivity contribution in [3.05, 3.63) is 12.2 Å². The SMILES string of the molecule is CCC(CP(=O)(CC)[N+](C)(C)C)OC(=O)/C=C\C(=O)O. The molecule has 0 aromatic carbocycles. The highest BCUT2D eigenvalue weighted by Crippen LogP contribution is 2.53. The van der Waals surface area contributed by atoms with E-state index in [9.17, 15) is 14.2 Å². The Morgan fingerprint density at radius 1 is 1.25 bits per heavy atom. The number of carboxylic acids is 1. The van der Waals surface area contributed by atoms with E-state index in [2.05, 4.69) is 0 Å². The Kier molecular flexibility index (Phi) is 7.17. The average Bonchev–Trinajstić information content (AvgIpc) is 2.33. The van der Waals surface area contributed by atoms with Gasteiger partial charge in [-0.15, -0.1) is 0 Å². The number of carboxylic acid groups (broad SMARTS) is 1. The molecule has 0 amide bonds. The number of rotatable bonds is 8. The molecule has 0 aliphatic heterocycles. The molecule has 2 atom stereocenters. The van der Waals surface area contributed by atoms with Crippen LogP contribution in [0.3, 0.4) is 0 Å². The third-order valence-corrected chi connectivity index (χ3v) is 7.33.